The molecule has 1 heterocycles. The second-order valence-electron chi connectivity index (χ2n) is 3.75. The SMILES string of the molecule is O=CCCOCCOCCOCCC1OCCO1. The third kappa shape index (κ3) is 8.54. The van der Waals surface area contributed by atoms with Crippen molar-refractivity contribution in [2.45, 2.75) is 19.1 Å². The van der Waals surface area contributed by atoms with Gasteiger partial charge >= 0.3 is 0 Å². The van der Waals surface area contributed by atoms with Crippen molar-refractivity contribution in [3.8, 4) is 0 Å². The minimum atomic E-state index is -0.0999. The monoisotopic (exact) mass is 262 g/mol. The molecule has 0 saturated carbocycles. The highest BCUT2D eigenvalue weighted by atomic mass is 16.7. The van der Waals surface area contributed by atoms with Crippen molar-refractivity contribution in [1.29, 1.82) is 0 Å². The summed E-state index contributed by atoms with van der Waals surface area (Å²) in [5.74, 6) is 0. The Hall–Kier alpha value is -0.530. The summed E-state index contributed by atoms with van der Waals surface area (Å²) in [6, 6.07) is 0. The first-order valence-corrected chi connectivity index (χ1v) is 6.33. The zero-order valence-electron chi connectivity index (χ0n) is 10.7. The summed E-state index contributed by atoms with van der Waals surface area (Å²) >= 11 is 0. The van der Waals surface area contributed by atoms with E-state index in [1.165, 1.54) is 0 Å². The highest BCUT2D eigenvalue weighted by Gasteiger charge is 2.14. The fraction of sp³-hybridized carbons (Fsp3) is 0.917. The zero-order chi connectivity index (χ0) is 12.9. The Morgan fingerprint density at radius 3 is 2.06 bits per heavy atom. The van der Waals surface area contributed by atoms with E-state index in [1.807, 2.05) is 0 Å². The summed E-state index contributed by atoms with van der Waals surface area (Å²) in [7, 11) is 0. The molecule has 106 valence electrons. The quantitative estimate of drug-likeness (QED) is 0.374. The van der Waals surface area contributed by atoms with Gasteiger partial charge in [-0.15, -0.1) is 0 Å². The molecule has 1 saturated heterocycles. The molecule has 0 N–H and O–H groups in total. The van der Waals surface area contributed by atoms with Crippen LogP contribution < -0.4 is 0 Å². The van der Waals surface area contributed by atoms with E-state index >= 15 is 0 Å². The van der Waals surface area contributed by atoms with E-state index in [2.05, 4.69) is 0 Å². The van der Waals surface area contributed by atoms with E-state index in [4.69, 9.17) is 23.7 Å². The predicted octanol–water partition coefficient (Wildman–Crippen LogP) is 0.388. The van der Waals surface area contributed by atoms with Gasteiger partial charge in [-0.3, -0.25) is 0 Å². The summed E-state index contributed by atoms with van der Waals surface area (Å²) < 4.78 is 26.3. The van der Waals surface area contributed by atoms with E-state index in [1.54, 1.807) is 0 Å². The van der Waals surface area contributed by atoms with Gasteiger partial charge in [0.05, 0.1) is 52.9 Å². The van der Waals surface area contributed by atoms with Crippen molar-refractivity contribution >= 4 is 6.29 Å². The van der Waals surface area contributed by atoms with Gasteiger partial charge in [-0.1, -0.05) is 0 Å². The number of rotatable bonds is 12. The number of aldehydes is 1. The van der Waals surface area contributed by atoms with E-state index in [-0.39, 0.29) is 6.29 Å². The van der Waals surface area contributed by atoms with E-state index in [0.29, 0.717) is 59.3 Å². The highest BCUT2D eigenvalue weighted by molar-refractivity contribution is 5.49. The molecule has 0 aromatic rings. The Morgan fingerprint density at radius 1 is 0.889 bits per heavy atom. The van der Waals surface area contributed by atoms with Crippen LogP contribution in [0.1, 0.15) is 12.8 Å². The minimum Gasteiger partial charge on any atom is -0.379 e. The lowest BCUT2D eigenvalue weighted by Crippen LogP contribution is -2.14. The van der Waals surface area contributed by atoms with Crippen LogP contribution in [0.25, 0.3) is 0 Å². The molecule has 1 aliphatic rings. The molecule has 1 aliphatic heterocycles. The van der Waals surface area contributed by atoms with Crippen LogP contribution in [-0.2, 0) is 28.5 Å². The van der Waals surface area contributed by atoms with Crippen LogP contribution in [-0.4, -0.2) is 65.4 Å². The predicted molar refractivity (Wildman–Crippen MR) is 63.4 cm³/mol. The fourth-order valence-corrected chi connectivity index (χ4v) is 1.43. The van der Waals surface area contributed by atoms with Gasteiger partial charge in [-0.2, -0.15) is 0 Å². The molecule has 0 aliphatic carbocycles. The lowest BCUT2D eigenvalue weighted by molar-refractivity contribution is -0.108. The van der Waals surface area contributed by atoms with E-state index in [9.17, 15) is 4.79 Å². The molecule has 1 fully saturated rings. The van der Waals surface area contributed by atoms with Crippen LogP contribution in [0, 0.1) is 0 Å². The molecule has 0 radical (unpaired) electrons. The van der Waals surface area contributed by atoms with Gasteiger partial charge in [0.25, 0.3) is 0 Å². The van der Waals surface area contributed by atoms with Crippen LogP contribution in [0.4, 0.5) is 0 Å². The molecule has 0 spiro atoms. The van der Waals surface area contributed by atoms with Crippen LogP contribution in [0.5, 0.6) is 0 Å². The highest BCUT2D eigenvalue weighted by Crippen LogP contribution is 2.07. The molecule has 0 amide bonds. The number of carbonyl (C=O) groups is 1. The van der Waals surface area contributed by atoms with Crippen molar-refractivity contribution in [1.82, 2.24) is 0 Å². The van der Waals surface area contributed by atoms with Gasteiger partial charge in [0.1, 0.15) is 6.29 Å². The normalized spacial score (nSPS) is 16.2. The molecule has 0 atom stereocenters. The van der Waals surface area contributed by atoms with Gasteiger partial charge in [-0.05, 0) is 0 Å². The number of hydrogen-bond donors (Lipinski definition) is 0. The second-order valence-corrected chi connectivity index (χ2v) is 3.75. The van der Waals surface area contributed by atoms with Crippen LogP contribution in [0.2, 0.25) is 0 Å². The third-order valence-corrected chi connectivity index (χ3v) is 2.31. The van der Waals surface area contributed by atoms with Crippen molar-refractivity contribution < 1.29 is 28.5 Å². The van der Waals surface area contributed by atoms with Gasteiger partial charge in [-0.25, -0.2) is 0 Å². The van der Waals surface area contributed by atoms with Gasteiger partial charge in [0, 0.05) is 12.8 Å². The summed E-state index contributed by atoms with van der Waals surface area (Å²) in [6.07, 6.45) is 1.94. The minimum absolute atomic E-state index is 0.0999. The Kier molecular flexibility index (Phi) is 9.97. The fourth-order valence-electron chi connectivity index (χ4n) is 1.43. The zero-order valence-corrected chi connectivity index (χ0v) is 10.7. The molecule has 18 heavy (non-hydrogen) atoms. The third-order valence-electron chi connectivity index (χ3n) is 2.31. The molecular weight excluding hydrogens is 240 g/mol. The molecule has 6 nitrogen and oxygen atoms in total. The smallest absolute Gasteiger partial charge is 0.160 e. The first-order chi connectivity index (χ1) is 8.93. The van der Waals surface area contributed by atoms with Crippen LogP contribution >= 0.6 is 0 Å². The van der Waals surface area contributed by atoms with Crippen molar-refractivity contribution in [3.05, 3.63) is 0 Å². The van der Waals surface area contributed by atoms with Gasteiger partial charge < -0.3 is 28.5 Å². The van der Waals surface area contributed by atoms with Gasteiger partial charge in [0.15, 0.2) is 6.29 Å². The molecule has 0 aromatic carbocycles. The Morgan fingerprint density at radius 2 is 1.44 bits per heavy atom. The molecule has 0 unspecified atom stereocenters. The lowest BCUT2D eigenvalue weighted by Gasteiger charge is -2.09. The van der Waals surface area contributed by atoms with Crippen LogP contribution in [0.3, 0.4) is 0 Å². The Labute approximate surface area is 107 Å². The standard InChI is InChI=1S/C12H22O6/c13-3-1-4-14-6-8-16-9-7-15-5-2-12-17-10-11-18-12/h3,12H,1-2,4-11H2. The Balaban J connectivity index is 1.69. The maximum absolute atomic E-state index is 9.99. The van der Waals surface area contributed by atoms with Crippen molar-refractivity contribution in [2.24, 2.45) is 0 Å². The van der Waals surface area contributed by atoms with Crippen molar-refractivity contribution in [3.63, 3.8) is 0 Å². The molecule has 1 rings (SSSR count). The molecule has 6 heteroatoms. The largest absolute Gasteiger partial charge is 0.379 e. The molecule has 0 bridgehead atoms. The first kappa shape index (κ1) is 15.5. The summed E-state index contributed by atoms with van der Waals surface area (Å²) in [4.78, 5) is 9.99. The topological polar surface area (TPSA) is 63.2 Å². The van der Waals surface area contributed by atoms with E-state index < -0.39 is 0 Å². The maximum Gasteiger partial charge on any atom is 0.160 e. The van der Waals surface area contributed by atoms with Gasteiger partial charge in [0.2, 0.25) is 0 Å². The lowest BCUT2D eigenvalue weighted by atomic mass is 10.4. The molecule has 0 aromatic heterocycles. The summed E-state index contributed by atoms with van der Waals surface area (Å²) in [5, 5.41) is 0. The number of ether oxygens (including phenoxy) is 5. The maximum atomic E-state index is 9.99. The average molecular weight is 262 g/mol. The second kappa shape index (κ2) is 11.6. The van der Waals surface area contributed by atoms with E-state index in [0.717, 1.165) is 12.7 Å². The van der Waals surface area contributed by atoms with Crippen molar-refractivity contribution in [2.75, 3.05) is 52.9 Å². The Bertz CT molecular complexity index is 193. The first-order valence-electron chi connectivity index (χ1n) is 6.33. The number of hydrogen-bond acceptors (Lipinski definition) is 6. The average Bonchev–Trinajstić information content (AvgIpc) is 2.89. The summed E-state index contributed by atoms with van der Waals surface area (Å²) in [6.45, 7) is 4.57. The number of carbonyl (C=O) groups excluding carboxylic acids is 1. The van der Waals surface area contributed by atoms with Crippen LogP contribution in [0.15, 0.2) is 0 Å². The molecular formula is C12H22O6. The summed E-state index contributed by atoms with van der Waals surface area (Å²) in [5.41, 5.74) is 0.